The van der Waals surface area contributed by atoms with Crippen molar-refractivity contribution in [3.8, 4) is 5.75 Å². The number of nitrogens with one attached hydrogen (secondary N) is 1. The van der Waals surface area contributed by atoms with Crippen molar-refractivity contribution in [1.29, 1.82) is 0 Å². The van der Waals surface area contributed by atoms with Gasteiger partial charge in [-0.05, 0) is 53.9 Å². The van der Waals surface area contributed by atoms with Crippen LogP contribution in [0.4, 0.5) is 8.78 Å². The first-order valence-electron chi connectivity index (χ1n) is 10.8. The van der Waals surface area contributed by atoms with E-state index in [4.69, 9.17) is 0 Å². The van der Waals surface area contributed by atoms with Crippen molar-refractivity contribution in [2.24, 2.45) is 0 Å². The van der Waals surface area contributed by atoms with Crippen molar-refractivity contribution in [1.82, 2.24) is 14.9 Å². The van der Waals surface area contributed by atoms with Crippen molar-refractivity contribution in [2.45, 2.75) is 31.7 Å². The minimum atomic E-state index is -2.86. The van der Waals surface area contributed by atoms with E-state index in [9.17, 15) is 18.4 Å². The summed E-state index contributed by atoms with van der Waals surface area (Å²) in [6, 6.07) is 17.9. The zero-order valence-electron chi connectivity index (χ0n) is 18.5. The number of ether oxygens (including phenoxy) is 1. The lowest BCUT2D eigenvalue weighted by Gasteiger charge is -2.12. The van der Waals surface area contributed by atoms with Gasteiger partial charge in [-0.2, -0.15) is 8.78 Å². The lowest BCUT2D eigenvalue weighted by atomic mass is 10.1. The Bertz CT molecular complexity index is 1370. The highest BCUT2D eigenvalue weighted by atomic mass is 32.2. The highest BCUT2D eigenvalue weighted by Crippen LogP contribution is 2.23. The van der Waals surface area contributed by atoms with Crippen LogP contribution in [0.25, 0.3) is 21.7 Å². The molecule has 34 heavy (non-hydrogen) atoms. The van der Waals surface area contributed by atoms with Crippen LogP contribution in [0.2, 0.25) is 0 Å². The summed E-state index contributed by atoms with van der Waals surface area (Å²) in [5.41, 5.74) is 1.37. The van der Waals surface area contributed by atoms with Gasteiger partial charge in [-0.1, -0.05) is 48.2 Å². The molecule has 6 nitrogen and oxygen atoms in total. The molecule has 9 heteroatoms. The molecule has 0 bridgehead atoms. The molecule has 1 N–H and O–H groups in total. The van der Waals surface area contributed by atoms with Crippen LogP contribution in [0.3, 0.4) is 0 Å². The van der Waals surface area contributed by atoms with E-state index in [2.05, 4.69) is 15.0 Å². The highest BCUT2D eigenvalue weighted by Gasteiger charge is 2.13. The average Bonchev–Trinajstić information content (AvgIpc) is 2.82. The smallest absolute Gasteiger partial charge is 0.387 e. The number of hydrogen-bond acceptors (Lipinski definition) is 5. The van der Waals surface area contributed by atoms with Gasteiger partial charge in [-0.3, -0.25) is 14.2 Å². The molecule has 4 aromatic rings. The van der Waals surface area contributed by atoms with Crippen LogP contribution in [-0.2, 0) is 17.8 Å². The molecule has 0 saturated carbocycles. The summed E-state index contributed by atoms with van der Waals surface area (Å²) in [4.78, 5) is 30.1. The summed E-state index contributed by atoms with van der Waals surface area (Å²) >= 11 is 1.22. The molecule has 4 rings (SSSR count). The van der Waals surface area contributed by atoms with Crippen LogP contribution in [0.15, 0.2) is 70.6 Å². The van der Waals surface area contributed by atoms with Gasteiger partial charge in [0.2, 0.25) is 5.91 Å². The summed E-state index contributed by atoms with van der Waals surface area (Å²) in [7, 11) is 0. The highest BCUT2D eigenvalue weighted by molar-refractivity contribution is 7.99. The van der Waals surface area contributed by atoms with Crippen molar-refractivity contribution in [3.63, 3.8) is 0 Å². The number of rotatable bonds is 9. The fraction of sp³-hybridized carbons (Fsp3) is 0.240. The Kier molecular flexibility index (Phi) is 7.42. The predicted molar refractivity (Wildman–Crippen MR) is 130 cm³/mol. The standard InChI is InChI=1S/C25H23F2N3O3S/c1-2-30-23(32)20-13-17-5-3-4-6-18(17)14-21(20)29-25(30)34-15-22(31)28-12-11-16-7-9-19(10-8-16)33-24(26)27/h3-10,13-14,24H,2,11-12,15H2,1H3,(H,28,31). The van der Waals surface area contributed by atoms with Gasteiger partial charge in [0.1, 0.15) is 5.75 Å². The first-order valence-corrected chi connectivity index (χ1v) is 11.8. The van der Waals surface area contributed by atoms with Gasteiger partial charge in [0.15, 0.2) is 5.16 Å². The number of alkyl halides is 2. The number of amides is 1. The zero-order valence-corrected chi connectivity index (χ0v) is 19.3. The number of nitrogens with zero attached hydrogens (tertiary/aromatic N) is 2. The summed E-state index contributed by atoms with van der Waals surface area (Å²) in [6.45, 7) is -0.142. The van der Waals surface area contributed by atoms with Crippen molar-refractivity contribution < 1.29 is 18.3 Å². The molecule has 0 aliphatic heterocycles. The number of carbonyl (C=O) groups is 1. The fourth-order valence-electron chi connectivity index (χ4n) is 3.64. The van der Waals surface area contributed by atoms with Gasteiger partial charge < -0.3 is 10.1 Å². The molecule has 0 radical (unpaired) electrons. The van der Waals surface area contributed by atoms with E-state index in [1.807, 2.05) is 43.3 Å². The zero-order chi connectivity index (χ0) is 24.1. The summed E-state index contributed by atoms with van der Waals surface area (Å²) < 4.78 is 30.3. The number of halogens is 2. The van der Waals surface area contributed by atoms with E-state index in [0.29, 0.717) is 35.6 Å². The second-order valence-corrected chi connectivity index (χ2v) is 8.51. The monoisotopic (exact) mass is 483 g/mol. The molecule has 0 aliphatic carbocycles. The molecule has 0 atom stereocenters. The molecule has 0 fully saturated rings. The molecule has 0 aliphatic rings. The number of thioether (sulfide) groups is 1. The van der Waals surface area contributed by atoms with Gasteiger partial charge in [0, 0.05) is 13.1 Å². The van der Waals surface area contributed by atoms with Gasteiger partial charge in [0.25, 0.3) is 5.56 Å². The maximum absolute atomic E-state index is 13.0. The summed E-state index contributed by atoms with van der Waals surface area (Å²) in [6.07, 6.45) is 0.548. The van der Waals surface area contributed by atoms with Gasteiger partial charge in [0.05, 0.1) is 16.7 Å². The lowest BCUT2D eigenvalue weighted by Crippen LogP contribution is -2.28. The third-order valence-corrected chi connectivity index (χ3v) is 6.30. The van der Waals surface area contributed by atoms with Crippen LogP contribution in [-0.4, -0.2) is 34.4 Å². The topological polar surface area (TPSA) is 73.2 Å². The van der Waals surface area contributed by atoms with E-state index in [1.54, 1.807) is 16.7 Å². The number of aromatic nitrogens is 2. The Balaban J connectivity index is 1.39. The number of carbonyl (C=O) groups excluding carboxylic acids is 1. The second kappa shape index (κ2) is 10.6. The van der Waals surface area contributed by atoms with Crippen molar-refractivity contribution in [2.75, 3.05) is 12.3 Å². The molecule has 0 saturated heterocycles. The second-order valence-electron chi connectivity index (χ2n) is 7.57. The maximum Gasteiger partial charge on any atom is 0.387 e. The molecule has 1 aromatic heterocycles. The Hall–Kier alpha value is -3.46. The molecule has 0 spiro atoms. The summed E-state index contributed by atoms with van der Waals surface area (Å²) in [5, 5.41) is 5.87. The Labute approximate surface area is 198 Å². The van der Waals surface area contributed by atoms with Crippen LogP contribution in [0, 0.1) is 0 Å². The Morgan fingerprint density at radius 3 is 2.50 bits per heavy atom. The number of hydrogen-bond donors (Lipinski definition) is 1. The molecule has 1 amide bonds. The Morgan fingerprint density at radius 2 is 1.82 bits per heavy atom. The third kappa shape index (κ3) is 5.53. The minimum absolute atomic E-state index is 0.0945. The van der Waals surface area contributed by atoms with Crippen LogP contribution < -0.4 is 15.6 Å². The molecule has 3 aromatic carbocycles. The van der Waals surface area contributed by atoms with Gasteiger partial charge >= 0.3 is 6.61 Å². The largest absolute Gasteiger partial charge is 0.435 e. The number of benzene rings is 3. The van der Waals surface area contributed by atoms with Gasteiger partial charge in [-0.15, -0.1) is 0 Å². The first kappa shape index (κ1) is 23.7. The molecular formula is C25H23F2N3O3S. The normalized spacial score (nSPS) is 11.3. The van der Waals surface area contributed by atoms with E-state index < -0.39 is 6.61 Å². The average molecular weight is 484 g/mol. The lowest BCUT2D eigenvalue weighted by molar-refractivity contribution is -0.118. The van der Waals surface area contributed by atoms with Crippen LogP contribution in [0.1, 0.15) is 12.5 Å². The van der Waals surface area contributed by atoms with Gasteiger partial charge in [-0.25, -0.2) is 4.98 Å². The maximum atomic E-state index is 13.0. The molecule has 1 heterocycles. The third-order valence-electron chi connectivity index (χ3n) is 5.32. The van der Waals surface area contributed by atoms with Crippen LogP contribution in [0.5, 0.6) is 5.75 Å². The van der Waals surface area contributed by atoms with E-state index in [0.717, 1.165) is 16.3 Å². The van der Waals surface area contributed by atoms with Crippen molar-refractivity contribution >= 4 is 39.3 Å². The Morgan fingerprint density at radius 1 is 1.12 bits per heavy atom. The minimum Gasteiger partial charge on any atom is -0.435 e. The fourth-order valence-corrected chi connectivity index (χ4v) is 4.53. The summed E-state index contributed by atoms with van der Waals surface area (Å²) in [5.74, 6) is 0.0300. The van der Waals surface area contributed by atoms with Crippen LogP contribution >= 0.6 is 11.8 Å². The van der Waals surface area contributed by atoms with E-state index in [1.165, 1.54) is 23.9 Å². The van der Waals surface area contributed by atoms with E-state index >= 15 is 0 Å². The molecular weight excluding hydrogens is 460 g/mol. The molecule has 0 unspecified atom stereocenters. The quantitative estimate of drug-likeness (QED) is 0.214. The SMILES string of the molecule is CCn1c(SCC(=O)NCCc2ccc(OC(F)F)cc2)nc2cc3ccccc3cc2c1=O. The van der Waals surface area contributed by atoms with Crippen molar-refractivity contribution in [3.05, 3.63) is 76.6 Å². The predicted octanol–water partition coefficient (Wildman–Crippen LogP) is 4.62. The number of fused-ring (bicyclic) bond motifs is 2. The van der Waals surface area contributed by atoms with E-state index in [-0.39, 0.29) is 23.0 Å². The first-order chi connectivity index (χ1) is 16.4. The molecule has 176 valence electrons.